The quantitative estimate of drug-likeness (QED) is 0.371. The van der Waals surface area contributed by atoms with Crippen molar-refractivity contribution >= 4 is 23.7 Å². The van der Waals surface area contributed by atoms with Crippen molar-refractivity contribution in [1.82, 2.24) is 15.0 Å². The number of thioether (sulfide) groups is 1. The maximum atomic E-state index is 12.6. The van der Waals surface area contributed by atoms with Gasteiger partial charge < -0.3 is 9.84 Å². The van der Waals surface area contributed by atoms with E-state index in [1.54, 1.807) is 44.3 Å². The number of benzene rings is 2. The zero-order valence-electron chi connectivity index (χ0n) is 17.7. The van der Waals surface area contributed by atoms with Gasteiger partial charge in [-0.1, -0.05) is 17.3 Å². The number of rotatable bonds is 8. The third kappa shape index (κ3) is 6.58. The molecular weight excluding hydrogens is 459 g/mol. The van der Waals surface area contributed by atoms with Crippen molar-refractivity contribution in [3.63, 3.8) is 0 Å². The van der Waals surface area contributed by atoms with E-state index < -0.39 is 28.4 Å². The maximum Gasteiger partial charge on any atom is 0.416 e. The summed E-state index contributed by atoms with van der Waals surface area (Å²) in [5, 5.41) is 17.0. The number of aromatic nitrogens is 3. The van der Waals surface area contributed by atoms with E-state index in [1.165, 1.54) is 16.8 Å². The highest BCUT2D eigenvalue weighted by molar-refractivity contribution is 8.01. The van der Waals surface area contributed by atoms with Crippen molar-refractivity contribution < 1.29 is 32.6 Å². The first-order valence-electron chi connectivity index (χ1n) is 9.69. The molecule has 174 valence electrons. The van der Waals surface area contributed by atoms with Gasteiger partial charge in [0.25, 0.3) is 0 Å². The average Bonchev–Trinajstić information content (AvgIpc) is 3.19. The van der Waals surface area contributed by atoms with Crippen LogP contribution in [-0.4, -0.2) is 36.8 Å². The highest BCUT2D eigenvalue weighted by atomic mass is 32.2. The minimum Gasteiger partial charge on any atom is -0.480 e. The van der Waals surface area contributed by atoms with E-state index in [4.69, 9.17) is 4.74 Å². The van der Waals surface area contributed by atoms with Crippen LogP contribution in [0.25, 0.3) is 0 Å². The molecule has 7 nitrogen and oxygen atoms in total. The molecule has 0 aliphatic rings. The number of nitrogens with zero attached hydrogens (tertiary/aromatic N) is 3. The second-order valence-electron chi connectivity index (χ2n) is 7.62. The van der Waals surface area contributed by atoms with Gasteiger partial charge in [-0.05, 0) is 55.8 Å². The highest BCUT2D eigenvalue weighted by Crippen LogP contribution is 2.33. The zero-order chi connectivity index (χ0) is 24.2. The third-order valence-electron chi connectivity index (χ3n) is 4.54. The van der Waals surface area contributed by atoms with E-state index in [2.05, 4.69) is 10.3 Å². The summed E-state index contributed by atoms with van der Waals surface area (Å²) in [6.07, 6.45) is -2.85. The Hall–Kier alpha value is -3.34. The monoisotopic (exact) mass is 479 g/mol. The van der Waals surface area contributed by atoms with Crippen molar-refractivity contribution in [2.24, 2.45) is 0 Å². The summed E-state index contributed by atoms with van der Waals surface area (Å²) in [4.78, 5) is 24.2. The maximum absolute atomic E-state index is 12.6. The molecule has 0 aliphatic carbocycles. The normalized spacial score (nSPS) is 11.9. The predicted octanol–water partition coefficient (Wildman–Crippen LogP) is 4.66. The van der Waals surface area contributed by atoms with Crippen molar-refractivity contribution in [3.8, 4) is 0 Å². The summed E-state index contributed by atoms with van der Waals surface area (Å²) >= 11 is 1.16. The largest absolute Gasteiger partial charge is 0.480 e. The Morgan fingerprint density at radius 1 is 1.06 bits per heavy atom. The molecule has 0 radical (unpaired) electrons. The lowest BCUT2D eigenvalue weighted by Gasteiger charge is -2.18. The molecule has 0 saturated heterocycles. The Morgan fingerprint density at radius 3 is 2.27 bits per heavy atom. The number of alkyl halides is 3. The molecule has 0 amide bonds. The lowest BCUT2D eigenvalue weighted by atomic mass is 10.1. The molecule has 0 spiro atoms. The summed E-state index contributed by atoms with van der Waals surface area (Å²) < 4.78 is 43.6. The Kier molecular flexibility index (Phi) is 7.11. The molecular formula is C22H20F3N3O4S. The van der Waals surface area contributed by atoms with Crippen LogP contribution in [0.2, 0.25) is 0 Å². The van der Waals surface area contributed by atoms with Crippen molar-refractivity contribution in [1.29, 1.82) is 0 Å². The van der Waals surface area contributed by atoms with Gasteiger partial charge in [-0.3, -0.25) is 4.79 Å². The van der Waals surface area contributed by atoms with Gasteiger partial charge in [-0.2, -0.15) is 13.2 Å². The van der Waals surface area contributed by atoms with Crippen LogP contribution in [0.1, 0.15) is 41.0 Å². The minimum atomic E-state index is -4.39. The molecule has 33 heavy (non-hydrogen) atoms. The summed E-state index contributed by atoms with van der Waals surface area (Å²) in [6.45, 7) is 3.26. The fourth-order valence-electron chi connectivity index (χ4n) is 2.69. The van der Waals surface area contributed by atoms with E-state index in [0.29, 0.717) is 21.7 Å². The number of carboxylic acids is 1. The molecule has 2 aromatic carbocycles. The molecule has 1 heterocycles. The Balaban J connectivity index is 1.53. The van der Waals surface area contributed by atoms with Crippen LogP contribution >= 0.6 is 11.8 Å². The van der Waals surface area contributed by atoms with Crippen molar-refractivity contribution in [2.75, 3.05) is 0 Å². The molecule has 0 aliphatic heterocycles. The number of halogens is 3. The SMILES string of the molecule is CC(C)(Sc1ccc(C(=O)OCc2cn(Cc3ccc(C(F)(F)F)cc3)nn2)cc1)C(=O)O. The number of aliphatic carboxylic acids is 1. The van der Waals surface area contributed by atoms with E-state index in [9.17, 15) is 27.9 Å². The molecule has 1 aromatic heterocycles. The van der Waals surface area contributed by atoms with Crippen LogP contribution < -0.4 is 0 Å². The number of hydrogen-bond acceptors (Lipinski definition) is 6. The second kappa shape index (κ2) is 9.65. The van der Waals surface area contributed by atoms with E-state index in [1.807, 2.05) is 0 Å². The molecule has 0 bridgehead atoms. The summed E-state index contributed by atoms with van der Waals surface area (Å²) in [7, 11) is 0. The van der Waals surface area contributed by atoms with Gasteiger partial charge in [-0.25, -0.2) is 9.48 Å². The van der Waals surface area contributed by atoms with Crippen LogP contribution in [0.4, 0.5) is 13.2 Å². The Labute approximate surface area is 191 Å². The number of ether oxygens (including phenoxy) is 1. The van der Waals surface area contributed by atoms with Crippen LogP contribution in [0.5, 0.6) is 0 Å². The first kappa shape index (κ1) is 24.3. The van der Waals surface area contributed by atoms with Crippen molar-refractivity contribution in [2.45, 2.75) is 42.8 Å². The summed E-state index contributed by atoms with van der Waals surface area (Å²) in [5.74, 6) is -1.52. The zero-order valence-corrected chi connectivity index (χ0v) is 18.5. The molecule has 0 unspecified atom stereocenters. The van der Waals surface area contributed by atoms with Crippen molar-refractivity contribution in [3.05, 3.63) is 77.1 Å². The average molecular weight is 479 g/mol. The van der Waals surface area contributed by atoms with Gasteiger partial charge in [0.1, 0.15) is 17.0 Å². The smallest absolute Gasteiger partial charge is 0.416 e. The number of carbonyl (C=O) groups excluding carboxylic acids is 1. The van der Waals surface area contributed by atoms with E-state index >= 15 is 0 Å². The second-order valence-corrected chi connectivity index (χ2v) is 9.32. The van der Waals surface area contributed by atoms with Gasteiger partial charge >= 0.3 is 18.1 Å². The van der Waals surface area contributed by atoms with Gasteiger partial charge in [0.2, 0.25) is 0 Å². The topological polar surface area (TPSA) is 94.3 Å². The lowest BCUT2D eigenvalue weighted by molar-refractivity contribution is -0.139. The molecule has 0 saturated carbocycles. The van der Waals surface area contributed by atoms with Gasteiger partial charge in [0, 0.05) is 4.90 Å². The highest BCUT2D eigenvalue weighted by Gasteiger charge is 2.30. The van der Waals surface area contributed by atoms with Gasteiger partial charge in [0.15, 0.2) is 0 Å². The fraction of sp³-hybridized carbons (Fsp3) is 0.273. The lowest BCUT2D eigenvalue weighted by Crippen LogP contribution is -2.26. The standard InChI is InChI=1S/C22H20F3N3O4S/c1-21(2,20(30)31)33-18-9-5-15(6-10-18)19(29)32-13-17-12-28(27-26-17)11-14-3-7-16(8-4-14)22(23,24)25/h3-10,12H,11,13H2,1-2H3,(H,30,31). The Bertz CT molecular complexity index is 1130. The first-order chi connectivity index (χ1) is 15.4. The molecule has 0 atom stereocenters. The molecule has 3 aromatic rings. The molecule has 1 N–H and O–H groups in total. The summed E-state index contributed by atoms with van der Waals surface area (Å²) in [6, 6.07) is 11.1. The predicted molar refractivity (Wildman–Crippen MR) is 114 cm³/mol. The number of hydrogen-bond donors (Lipinski definition) is 1. The van der Waals surface area contributed by atoms with Crippen LogP contribution in [-0.2, 0) is 28.9 Å². The van der Waals surface area contributed by atoms with Crippen LogP contribution in [0, 0.1) is 0 Å². The molecule has 11 heteroatoms. The number of carboxylic acid groups (broad SMARTS) is 1. The fourth-order valence-corrected chi connectivity index (χ4v) is 3.64. The van der Waals surface area contributed by atoms with Crippen LogP contribution in [0.15, 0.2) is 59.6 Å². The molecule has 0 fully saturated rings. The molecule has 3 rings (SSSR count). The van der Waals surface area contributed by atoms with E-state index in [0.717, 1.165) is 23.9 Å². The van der Waals surface area contributed by atoms with Gasteiger partial charge in [-0.15, -0.1) is 16.9 Å². The van der Waals surface area contributed by atoms with E-state index in [-0.39, 0.29) is 13.2 Å². The first-order valence-corrected chi connectivity index (χ1v) is 10.5. The minimum absolute atomic E-state index is 0.131. The van der Waals surface area contributed by atoms with Gasteiger partial charge in [0.05, 0.1) is 23.9 Å². The summed E-state index contributed by atoms with van der Waals surface area (Å²) in [5.41, 5.74) is 0.561. The third-order valence-corrected chi connectivity index (χ3v) is 5.73. The Morgan fingerprint density at radius 2 is 1.70 bits per heavy atom. The van der Waals surface area contributed by atoms with Crippen LogP contribution in [0.3, 0.4) is 0 Å². The number of esters is 1. The number of carbonyl (C=O) groups is 2.